The first-order valence-electron chi connectivity index (χ1n) is 6.61. The number of aromatic nitrogens is 1. The van der Waals surface area contributed by atoms with E-state index in [9.17, 15) is 0 Å². The number of hydrogen-bond donors (Lipinski definition) is 1. The van der Waals surface area contributed by atoms with Gasteiger partial charge in [-0.1, -0.05) is 17.9 Å². The van der Waals surface area contributed by atoms with Gasteiger partial charge >= 0.3 is 0 Å². The van der Waals surface area contributed by atoms with E-state index in [4.69, 9.17) is 10.5 Å². The van der Waals surface area contributed by atoms with Crippen LogP contribution in [0.5, 0.6) is 5.75 Å². The second-order valence-corrected chi connectivity index (χ2v) is 5.56. The molecule has 0 amide bonds. The summed E-state index contributed by atoms with van der Waals surface area (Å²) in [5, 5.41) is 1.03. The average molecular weight is 294 g/mol. The molecule has 2 heterocycles. The fraction of sp³-hybridized carbons (Fsp3) is 0.118. The lowest BCUT2D eigenvalue weighted by Gasteiger charge is -2.07. The Kier molecular flexibility index (Phi) is 4.15. The van der Waals surface area contributed by atoms with Gasteiger partial charge in [0.05, 0.1) is 16.9 Å². The molecule has 0 aliphatic heterocycles. The van der Waals surface area contributed by atoms with Crippen molar-refractivity contribution in [3.05, 3.63) is 58.4 Å². The molecular weight excluding hydrogens is 280 g/mol. The van der Waals surface area contributed by atoms with Gasteiger partial charge < -0.3 is 10.5 Å². The monoisotopic (exact) mass is 294 g/mol. The van der Waals surface area contributed by atoms with Gasteiger partial charge in [-0.25, -0.2) is 0 Å². The largest absolute Gasteiger partial charge is 0.487 e. The van der Waals surface area contributed by atoms with E-state index >= 15 is 0 Å². The number of pyridine rings is 1. The number of rotatable bonds is 3. The van der Waals surface area contributed by atoms with E-state index in [0.717, 1.165) is 26.4 Å². The Bertz CT molecular complexity index is 809. The van der Waals surface area contributed by atoms with Crippen LogP contribution in [0, 0.1) is 11.8 Å². The van der Waals surface area contributed by atoms with Crippen molar-refractivity contribution in [2.75, 3.05) is 6.54 Å². The van der Waals surface area contributed by atoms with Crippen molar-refractivity contribution in [1.29, 1.82) is 0 Å². The highest BCUT2D eigenvalue weighted by Crippen LogP contribution is 2.25. The zero-order chi connectivity index (χ0) is 14.5. The molecule has 2 N–H and O–H groups in total. The van der Waals surface area contributed by atoms with Crippen LogP contribution in [-0.2, 0) is 6.61 Å². The number of thiophene rings is 1. The average Bonchev–Trinajstić information content (AvgIpc) is 2.99. The molecule has 0 saturated carbocycles. The molecule has 0 atom stereocenters. The summed E-state index contributed by atoms with van der Waals surface area (Å²) in [5.41, 5.74) is 6.31. The maximum absolute atomic E-state index is 5.92. The highest BCUT2D eigenvalue weighted by Gasteiger charge is 2.04. The van der Waals surface area contributed by atoms with Crippen LogP contribution in [0.15, 0.2) is 48.7 Å². The van der Waals surface area contributed by atoms with Gasteiger partial charge in [0, 0.05) is 16.5 Å². The lowest BCUT2D eigenvalue weighted by Crippen LogP contribution is -1.94. The Morgan fingerprint density at radius 3 is 3.00 bits per heavy atom. The van der Waals surface area contributed by atoms with Crippen LogP contribution >= 0.6 is 11.3 Å². The van der Waals surface area contributed by atoms with Crippen LogP contribution in [0.1, 0.15) is 9.75 Å². The molecule has 21 heavy (non-hydrogen) atoms. The molecule has 3 nitrogen and oxygen atoms in total. The van der Waals surface area contributed by atoms with Crippen LogP contribution in [0.2, 0.25) is 0 Å². The third-order valence-electron chi connectivity index (χ3n) is 2.95. The molecule has 0 spiro atoms. The van der Waals surface area contributed by atoms with Gasteiger partial charge in [0.2, 0.25) is 0 Å². The predicted molar refractivity (Wildman–Crippen MR) is 86.3 cm³/mol. The summed E-state index contributed by atoms with van der Waals surface area (Å²) in [7, 11) is 0. The first-order chi connectivity index (χ1) is 10.4. The maximum Gasteiger partial charge on any atom is 0.129 e. The second kappa shape index (κ2) is 6.40. The molecule has 0 bridgehead atoms. The van der Waals surface area contributed by atoms with Gasteiger partial charge in [0.25, 0.3) is 0 Å². The van der Waals surface area contributed by atoms with Gasteiger partial charge in [-0.2, -0.15) is 0 Å². The summed E-state index contributed by atoms with van der Waals surface area (Å²) in [6, 6.07) is 13.9. The fourth-order valence-corrected chi connectivity index (χ4v) is 2.81. The van der Waals surface area contributed by atoms with E-state index in [0.29, 0.717) is 13.2 Å². The summed E-state index contributed by atoms with van der Waals surface area (Å²) >= 11 is 1.63. The van der Waals surface area contributed by atoms with Crippen molar-refractivity contribution in [2.24, 2.45) is 5.73 Å². The van der Waals surface area contributed by atoms with E-state index in [1.165, 1.54) is 0 Å². The lowest BCUT2D eigenvalue weighted by atomic mass is 10.2. The molecule has 104 valence electrons. The van der Waals surface area contributed by atoms with Crippen molar-refractivity contribution in [1.82, 2.24) is 4.98 Å². The van der Waals surface area contributed by atoms with Crippen molar-refractivity contribution < 1.29 is 4.74 Å². The molecule has 0 unspecified atom stereocenters. The number of nitrogens with zero attached hydrogens (tertiary/aromatic N) is 1. The van der Waals surface area contributed by atoms with Crippen molar-refractivity contribution >= 4 is 22.2 Å². The smallest absolute Gasteiger partial charge is 0.129 e. The molecule has 0 aliphatic rings. The molecule has 1 aromatic carbocycles. The van der Waals surface area contributed by atoms with Crippen LogP contribution < -0.4 is 10.5 Å². The van der Waals surface area contributed by atoms with Crippen molar-refractivity contribution in [2.45, 2.75) is 6.61 Å². The molecule has 4 heteroatoms. The van der Waals surface area contributed by atoms with E-state index in [2.05, 4.69) is 16.8 Å². The lowest BCUT2D eigenvalue weighted by molar-refractivity contribution is 0.313. The minimum absolute atomic E-state index is 0.382. The minimum Gasteiger partial charge on any atom is -0.487 e. The Morgan fingerprint density at radius 2 is 2.10 bits per heavy atom. The predicted octanol–water partition coefficient (Wildman–Crippen LogP) is 3.19. The molecule has 3 aromatic rings. The first-order valence-corrected chi connectivity index (χ1v) is 7.42. The molecular formula is C17H14N2OS. The third-order valence-corrected chi connectivity index (χ3v) is 3.93. The van der Waals surface area contributed by atoms with Gasteiger partial charge in [-0.05, 0) is 36.4 Å². The Balaban J connectivity index is 1.76. The van der Waals surface area contributed by atoms with Crippen LogP contribution in [0.25, 0.3) is 10.9 Å². The molecule has 0 saturated heterocycles. The standard InChI is InChI=1S/C17H14N2OS/c18-10-2-4-13-8-9-14(21-13)12-20-17-7-1-6-16-15(17)5-3-11-19-16/h1,3,5-9,11H,10,12,18H2. The van der Waals surface area contributed by atoms with Crippen LogP contribution in [-0.4, -0.2) is 11.5 Å². The quantitative estimate of drug-likeness (QED) is 0.755. The van der Waals surface area contributed by atoms with Gasteiger partial charge in [-0.3, -0.25) is 4.98 Å². The molecule has 0 aliphatic carbocycles. The number of hydrogen-bond acceptors (Lipinski definition) is 4. The zero-order valence-corrected chi connectivity index (χ0v) is 12.2. The summed E-state index contributed by atoms with van der Waals surface area (Å²) in [4.78, 5) is 6.48. The Morgan fingerprint density at radius 1 is 1.14 bits per heavy atom. The molecule has 0 radical (unpaired) electrons. The van der Waals surface area contributed by atoms with Crippen LogP contribution in [0.4, 0.5) is 0 Å². The number of ether oxygens (including phenoxy) is 1. The van der Waals surface area contributed by atoms with E-state index in [-0.39, 0.29) is 0 Å². The topological polar surface area (TPSA) is 48.1 Å². The number of benzene rings is 1. The molecule has 0 fully saturated rings. The van der Waals surface area contributed by atoms with Gasteiger partial charge in [0.1, 0.15) is 12.4 Å². The number of nitrogens with two attached hydrogens (primary N) is 1. The van der Waals surface area contributed by atoms with Crippen LogP contribution in [0.3, 0.4) is 0 Å². The normalized spacial score (nSPS) is 10.1. The Labute approximate surface area is 127 Å². The summed E-state index contributed by atoms with van der Waals surface area (Å²) in [6.45, 7) is 0.912. The third kappa shape index (κ3) is 3.22. The van der Waals surface area contributed by atoms with E-state index < -0.39 is 0 Å². The SMILES string of the molecule is NCC#Cc1ccc(COc2cccc3ncccc23)s1. The van der Waals surface area contributed by atoms with Crippen molar-refractivity contribution in [3.63, 3.8) is 0 Å². The molecule has 3 rings (SSSR count). The highest BCUT2D eigenvalue weighted by atomic mass is 32.1. The highest BCUT2D eigenvalue weighted by molar-refractivity contribution is 7.12. The number of fused-ring (bicyclic) bond motifs is 1. The molecule has 2 aromatic heterocycles. The van der Waals surface area contributed by atoms with E-state index in [1.54, 1.807) is 17.5 Å². The second-order valence-electron chi connectivity index (χ2n) is 4.39. The van der Waals surface area contributed by atoms with Gasteiger partial charge in [-0.15, -0.1) is 11.3 Å². The summed E-state index contributed by atoms with van der Waals surface area (Å²) < 4.78 is 5.92. The fourth-order valence-electron chi connectivity index (χ4n) is 2.01. The van der Waals surface area contributed by atoms with Crippen molar-refractivity contribution in [3.8, 4) is 17.6 Å². The Hall–Kier alpha value is -2.35. The van der Waals surface area contributed by atoms with Gasteiger partial charge in [0.15, 0.2) is 0 Å². The van der Waals surface area contributed by atoms with E-state index in [1.807, 2.05) is 42.5 Å². The summed E-state index contributed by atoms with van der Waals surface area (Å²) in [5.74, 6) is 6.74. The zero-order valence-electron chi connectivity index (χ0n) is 11.4. The minimum atomic E-state index is 0.382. The first kappa shape index (κ1) is 13.6. The maximum atomic E-state index is 5.92. The summed E-state index contributed by atoms with van der Waals surface area (Å²) in [6.07, 6.45) is 1.79.